The minimum Gasteiger partial charge on any atom is -0.496 e. The topological polar surface area (TPSA) is 41.6 Å². The molecule has 4 nitrogen and oxygen atoms in total. The molecule has 1 heterocycles. The third-order valence-electron chi connectivity index (χ3n) is 4.06. The second-order valence-electron chi connectivity index (χ2n) is 6.31. The Hall–Kier alpha value is -1.26. The van der Waals surface area contributed by atoms with Crippen LogP contribution in [0.2, 0.25) is 5.02 Å². The second-order valence-corrected chi connectivity index (χ2v) is 6.74. The molecule has 0 radical (unpaired) electrons. The maximum absolute atomic E-state index is 12.3. The summed E-state index contributed by atoms with van der Waals surface area (Å²) in [5.41, 5.74) is 0.482. The zero-order valence-electron chi connectivity index (χ0n) is 13.6. The first-order valence-corrected chi connectivity index (χ1v) is 8.21. The van der Waals surface area contributed by atoms with Crippen LogP contribution in [-0.2, 0) is 0 Å². The highest BCUT2D eigenvalue weighted by atomic mass is 35.5. The van der Waals surface area contributed by atoms with E-state index in [4.69, 9.17) is 16.3 Å². The van der Waals surface area contributed by atoms with Gasteiger partial charge in [0.15, 0.2) is 0 Å². The Balaban J connectivity index is 1.86. The van der Waals surface area contributed by atoms with E-state index < -0.39 is 0 Å². The molecule has 1 aliphatic heterocycles. The van der Waals surface area contributed by atoms with E-state index in [2.05, 4.69) is 24.1 Å². The Morgan fingerprint density at radius 3 is 2.68 bits per heavy atom. The number of halogens is 1. The van der Waals surface area contributed by atoms with E-state index in [1.54, 1.807) is 25.3 Å². The van der Waals surface area contributed by atoms with Crippen LogP contribution in [0.1, 0.15) is 30.6 Å². The molecule has 1 saturated heterocycles. The summed E-state index contributed by atoms with van der Waals surface area (Å²) in [5.74, 6) is 1.86. The van der Waals surface area contributed by atoms with E-state index in [0.717, 1.165) is 31.5 Å². The van der Waals surface area contributed by atoms with Crippen molar-refractivity contribution in [3.8, 4) is 5.75 Å². The fraction of sp³-hybridized carbons (Fsp3) is 0.588. The highest BCUT2D eigenvalue weighted by Crippen LogP contribution is 2.23. The van der Waals surface area contributed by atoms with Crippen LogP contribution in [0.5, 0.6) is 5.75 Å². The fourth-order valence-electron chi connectivity index (χ4n) is 3.26. The van der Waals surface area contributed by atoms with Crippen LogP contribution in [0.4, 0.5) is 0 Å². The van der Waals surface area contributed by atoms with Crippen molar-refractivity contribution in [1.29, 1.82) is 0 Å². The number of ether oxygens (including phenoxy) is 1. The SMILES string of the molecule is COc1ccc(Cl)cc1C(=O)NCCN1C[C@H](C)C[C@@H](C)C1. The minimum atomic E-state index is -0.141. The number of carbonyl (C=O) groups is 1. The summed E-state index contributed by atoms with van der Waals surface area (Å²) in [6, 6.07) is 5.07. The molecule has 0 bridgehead atoms. The van der Waals surface area contributed by atoms with Crippen LogP contribution in [0.15, 0.2) is 18.2 Å². The number of nitrogens with zero attached hydrogens (tertiary/aromatic N) is 1. The van der Waals surface area contributed by atoms with Crippen molar-refractivity contribution in [3.05, 3.63) is 28.8 Å². The summed E-state index contributed by atoms with van der Waals surface area (Å²) in [6.45, 7) is 8.31. The molecule has 122 valence electrons. The largest absolute Gasteiger partial charge is 0.496 e. The second kappa shape index (κ2) is 7.84. The summed E-state index contributed by atoms with van der Waals surface area (Å²) in [7, 11) is 1.55. The Morgan fingerprint density at radius 1 is 1.36 bits per heavy atom. The quantitative estimate of drug-likeness (QED) is 0.905. The highest BCUT2D eigenvalue weighted by Gasteiger charge is 2.21. The molecule has 2 atom stereocenters. The van der Waals surface area contributed by atoms with Crippen LogP contribution >= 0.6 is 11.6 Å². The number of hydrogen-bond acceptors (Lipinski definition) is 3. The standard InChI is InChI=1S/C17H25ClN2O2/c1-12-8-13(2)11-20(10-12)7-6-19-17(21)15-9-14(18)4-5-16(15)22-3/h4-5,9,12-13H,6-8,10-11H2,1-3H3,(H,19,21)/t12-,13-/m1/s1. The monoisotopic (exact) mass is 324 g/mol. The minimum absolute atomic E-state index is 0.141. The number of nitrogens with one attached hydrogen (secondary N) is 1. The zero-order valence-corrected chi connectivity index (χ0v) is 14.3. The Labute approximate surface area is 137 Å². The predicted octanol–water partition coefficient (Wildman–Crippen LogP) is 3.06. The van der Waals surface area contributed by atoms with Gasteiger partial charge in [0, 0.05) is 31.2 Å². The van der Waals surface area contributed by atoms with E-state index >= 15 is 0 Å². The van der Waals surface area contributed by atoms with Crippen molar-refractivity contribution in [2.24, 2.45) is 11.8 Å². The third-order valence-corrected chi connectivity index (χ3v) is 4.30. The number of piperidine rings is 1. The number of hydrogen-bond donors (Lipinski definition) is 1. The lowest BCUT2D eigenvalue weighted by Gasteiger charge is -2.34. The smallest absolute Gasteiger partial charge is 0.255 e. The Kier molecular flexibility index (Phi) is 6.09. The molecule has 0 unspecified atom stereocenters. The van der Waals surface area contributed by atoms with Gasteiger partial charge in [-0.1, -0.05) is 25.4 Å². The molecule has 1 N–H and O–H groups in total. The molecule has 22 heavy (non-hydrogen) atoms. The van der Waals surface area contributed by atoms with Crippen molar-refractivity contribution in [2.75, 3.05) is 33.3 Å². The summed E-state index contributed by atoms with van der Waals surface area (Å²) in [6.07, 6.45) is 1.29. The van der Waals surface area contributed by atoms with Crippen LogP contribution in [0.25, 0.3) is 0 Å². The van der Waals surface area contributed by atoms with Gasteiger partial charge in [-0.25, -0.2) is 0 Å². The molecule has 1 fully saturated rings. The van der Waals surface area contributed by atoms with Gasteiger partial charge in [0.2, 0.25) is 0 Å². The van der Waals surface area contributed by atoms with Gasteiger partial charge >= 0.3 is 0 Å². The van der Waals surface area contributed by atoms with E-state index in [1.807, 2.05) is 0 Å². The van der Waals surface area contributed by atoms with Gasteiger partial charge < -0.3 is 15.0 Å². The zero-order chi connectivity index (χ0) is 16.1. The Morgan fingerprint density at radius 2 is 2.05 bits per heavy atom. The van der Waals surface area contributed by atoms with E-state index in [9.17, 15) is 4.79 Å². The van der Waals surface area contributed by atoms with Gasteiger partial charge in [-0.3, -0.25) is 4.79 Å². The first-order chi connectivity index (χ1) is 10.5. The van der Waals surface area contributed by atoms with Gasteiger partial charge in [0.05, 0.1) is 12.7 Å². The molecule has 1 aromatic rings. The maximum Gasteiger partial charge on any atom is 0.255 e. The molecule has 5 heteroatoms. The number of rotatable bonds is 5. The highest BCUT2D eigenvalue weighted by molar-refractivity contribution is 6.31. The van der Waals surface area contributed by atoms with Crippen molar-refractivity contribution in [3.63, 3.8) is 0 Å². The van der Waals surface area contributed by atoms with Crippen LogP contribution in [-0.4, -0.2) is 44.1 Å². The van der Waals surface area contributed by atoms with Crippen molar-refractivity contribution < 1.29 is 9.53 Å². The van der Waals surface area contributed by atoms with E-state index in [0.29, 0.717) is 22.9 Å². The predicted molar refractivity (Wildman–Crippen MR) is 89.7 cm³/mol. The maximum atomic E-state index is 12.3. The Bertz CT molecular complexity index is 511. The van der Waals surface area contributed by atoms with Gasteiger partial charge in [0.25, 0.3) is 5.91 Å². The molecular weight excluding hydrogens is 300 g/mol. The van der Waals surface area contributed by atoms with Crippen LogP contribution < -0.4 is 10.1 Å². The molecule has 1 aliphatic rings. The van der Waals surface area contributed by atoms with Crippen molar-refractivity contribution in [2.45, 2.75) is 20.3 Å². The number of likely N-dealkylation sites (tertiary alicyclic amines) is 1. The van der Waals surface area contributed by atoms with Gasteiger partial charge in [-0.05, 0) is 36.5 Å². The fourth-order valence-corrected chi connectivity index (χ4v) is 3.43. The molecule has 0 saturated carbocycles. The third kappa shape index (κ3) is 4.62. The van der Waals surface area contributed by atoms with Crippen LogP contribution in [0, 0.1) is 11.8 Å². The number of benzene rings is 1. The molecular formula is C17H25ClN2O2. The molecule has 0 spiro atoms. The van der Waals surface area contributed by atoms with Crippen LogP contribution in [0.3, 0.4) is 0 Å². The van der Waals surface area contributed by atoms with E-state index in [-0.39, 0.29) is 5.91 Å². The normalized spacial score (nSPS) is 22.4. The average molecular weight is 325 g/mol. The summed E-state index contributed by atoms with van der Waals surface area (Å²) in [5, 5.41) is 3.49. The number of amides is 1. The lowest BCUT2D eigenvalue weighted by atomic mass is 9.92. The molecule has 0 aliphatic carbocycles. The van der Waals surface area contributed by atoms with Gasteiger partial charge in [-0.15, -0.1) is 0 Å². The van der Waals surface area contributed by atoms with Crippen molar-refractivity contribution in [1.82, 2.24) is 10.2 Å². The van der Waals surface area contributed by atoms with Gasteiger partial charge in [-0.2, -0.15) is 0 Å². The number of methoxy groups -OCH3 is 1. The summed E-state index contributed by atoms with van der Waals surface area (Å²) < 4.78 is 5.22. The van der Waals surface area contributed by atoms with Crippen molar-refractivity contribution >= 4 is 17.5 Å². The van der Waals surface area contributed by atoms with Gasteiger partial charge in [0.1, 0.15) is 5.75 Å². The molecule has 1 aromatic carbocycles. The lowest BCUT2D eigenvalue weighted by Crippen LogP contribution is -2.42. The van der Waals surface area contributed by atoms with E-state index in [1.165, 1.54) is 6.42 Å². The summed E-state index contributed by atoms with van der Waals surface area (Å²) in [4.78, 5) is 14.7. The average Bonchev–Trinajstić information content (AvgIpc) is 2.46. The first-order valence-electron chi connectivity index (χ1n) is 7.83. The lowest BCUT2D eigenvalue weighted by molar-refractivity contribution is 0.0933. The first kappa shape index (κ1) is 17.1. The molecule has 2 rings (SSSR count). The summed E-state index contributed by atoms with van der Waals surface area (Å²) >= 11 is 5.96. The molecule has 1 amide bonds. The molecule has 0 aromatic heterocycles. The number of carbonyl (C=O) groups excluding carboxylic acids is 1.